The fraction of sp³-hybridized carbons (Fsp3) is 0.588. The van der Waals surface area contributed by atoms with Crippen LogP contribution in [0.3, 0.4) is 0 Å². The number of nitrogens with zero attached hydrogens (tertiary/aromatic N) is 5. The molecule has 0 bridgehead atoms. The average Bonchev–Trinajstić information content (AvgIpc) is 3.06. The van der Waals surface area contributed by atoms with E-state index >= 15 is 0 Å². The molecule has 1 aliphatic heterocycles. The van der Waals surface area contributed by atoms with Crippen LogP contribution >= 0.6 is 0 Å². The molecule has 0 spiro atoms. The highest BCUT2D eigenvalue weighted by molar-refractivity contribution is 5.79. The van der Waals surface area contributed by atoms with Gasteiger partial charge in [0.25, 0.3) is 0 Å². The number of hydrogen-bond acceptors (Lipinski definition) is 3. The lowest BCUT2D eigenvalue weighted by Gasteiger charge is -2.34. The normalized spacial score (nSPS) is 18.4. The van der Waals surface area contributed by atoms with Crippen LogP contribution in [0.15, 0.2) is 12.4 Å². The minimum atomic E-state index is 0.201. The summed E-state index contributed by atoms with van der Waals surface area (Å²) in [4.78, 5) is 19.0. The molecule has 1 fully saturated rings. The SMILES string of the molecule is Cc1nn(C)c(C)c1CC(=O)N1CCC[C@H](n2ccnc2C)C1. The van der Waals surface area contributed by atoms with Gasteiger partial charge in [-0.1, -0.05) is 0 Å². The number of aromatic nitrogens is 4. The van der Waals surface area contributed by atoms with E-state index < -0.39 is 0 Å². The number of carbonyl (C=O) groups excluding carboxylic acids is 1. The quantitative estimate of drug-likeness (QED) is 0.870. The molecule has 0 saturated carbocycles. The summed E-state index contributed by atoms with van der Waals surface area (Å²) in [7, 11) is 1.93. The van der Waals surface area contributed by atoms with Crippen LogP contribution in [-0.2, 0) is 18.3 Å². The zero-order valence-electron chi connectivity index (χ0n) is 14.4. The van der Waals surface area contributed by atoms with E-state index in [2.05, 4.69) is 14.6 Å². The second kappa shape index (κ2) is 6.18. The summed E-state index contributed by atoms with van der Waals surface area (Å²) >= 11 is 0. The van der Waals surface area contributed by atoms with Crippen molar-refractivity contribution >= 4 is 5.91 Å². The number of likely N-dealkylation sites (tertiary alicyclic amines) is 1. The average molecular weight is 315 g/mol. The van der Waals surface area contributed by atoms with E-state index in [0.29, 0.717) is 12.5 Å². The first-order valence-electron chi connectivity index (χ1n) is 8.23. The first-order chi connectivity index (χ1) is 11.0. The Bertz CT molecular complexity index is 715. The number of imidazole rings is 1. The van der Waals surface area contributed by atoms with Crippen LogP contribution in [0.2, 0.25) is 0 Å². The fourth-order valence-electron chi connectivity index (χ4n) is 3.52. The number of rotatable bonds is 3. The maximum Gasteiger partial charge on any atom is 0.227 e. The van der Waals surface area contributed by atoms with E-state index in [0.717, 1.165) is 48.7 Å². The third kappa shape index (κ3) is 3.02. The van der Waals surface area contributed by atoms with Gasteiger partial charge >= 0.3 is 0 Å². The second-order valence-electron chi connectivity index (χ2n) is 6.47. The molecule has 6 heteroatoms. The first kappa shape index (κ1) is 15.8. The van der Waals surface area contributed by atoms with Gasteiger partial charge in [-0.05, 0) is 33.6 Å². The Balaban J connectivity index is 1.71. The molecule has 1 atom stereocenters. The van der Waals surface area contributed by atoms with Gasteiger partial charge in [0.2, 0.25) is 5.91 Å². The van der Waals surface area contributed by atoms with E-state index in [1.165, 1.54) is 0 Å². The lowest BCUT2D eigenvalue weighted by Crippen LogP contribution is -2.41. The molecule has 1 amide bonds. The summed E-state index contributed by atoms with van der Waals surface area (Å²) in [5.74, 6) is 1.22. The second-order valence-corrected chi connectivity index (χ2v) is 6.47. The molecule has 2 aromatic heterocycles. The van der Waals surface area contributed by atoms with Gasteiger partial charge in [0.15, 0.2) is 0 Å². The monoisotopic (exact) mass is 315 g/mol. The van der Waals surface area contributed by atoms with Crippen molar-refractivity contribution in [1.82, 2.24) is 24.2 Å². The largest absolute Gasteiger partial charge is 0.340 e. The fourth-order valence-corrected chi connectivity index (χ4v) is 3.52. The van der Waals surface area contributed by atoms with Crippen molar-refractivity contribution in [3.63, 3.8) is 0 Å². The van der Waals surface area contributed by atoms with Gasteiger partial charge in [-0.3, -0.25) is 9.48 Å². The molecular weight excluding hydrogens is 290 g/mol. The van der Waals surface area contributed by atoms with Crippen LogP contribution < -0.4 is 0 Å². The maximum absolute atomic E-state index is 12.7. The number of piperidine rings is 1. The van der Waals surface area contributed by atoms with Crippen LogP contribution in [0.5, 0.6) is 0 Å². The van der Waals surface area contributed by atoms with Crippen LogP contribution in [0.4, 0.5) is 0 Å². The van der Waals surface area contributed by atoms with Gasteiger partial charge in [-0.15, -0.1) is 0 Å². The topological polar surface area (TPSA) is 56.0 Å². The standard InChI is InChI=1S/C17H25N5O/c1-12-16(13(2)20(4)19-12)10-17(23)21-8-5-6-15(11-21)22-9-7-18-14(22)3/h7,9,15H,5-6,8,10-11H2,1-4H3/t15-/m0/s1. The van der Waals surface area contributed by atoms with E-state index in [1.54, 1.807) is 0 Å². The molecule has 3 heterocycles. The highest BCUT2D eigenvalue weighted by Crippen LogP contribution is 2.24. The third-order valence-electron chi connectivity index (χ3n) is 4.99. The van der Waals surface area contributed by atoms with E-state index in [4.69, 9.17) is 0 Å². The number of aryl methyl sites for hydroxylation is 3. The van der Waals surface area contributed by atoms with Crippen molar-refractivity contribution in [3.05, 3.63) is 35.2 Å². The van der Waals surface area contributed by atoms with Gasteiger partial charge in [-0.25, -0.2) is 4.98 Å². The van der Waals surface area contributed by atoms with Gasteiger partial charge in [0, 0.05) is 43.8 Å². The van der Waals surface area contributed by atoms with Crippen molar-refractivity contribution < 1.29 is 4.79 Å². The maximum atomic E-state index is 12.7. The molecule has 0 unspecified atom stereocenters. The molecule has 0 N–H and O–H groups in total. The Kier molecular flexibility index (Phi) is 4.24. The predicted molar refractivity (Wildman–Crippen MR) is 88.2 cm³/mol. The van der Waals surface area contributed by atoms with Crippen molar-refractivity contribution in [2.45, 2.75) is 46.1 Å². The smallest absolute Gasteiger partial charge is 0.227 e. The van der Waals surface area contributed by atoms with Crippen LogP contribution in [0.25, 0.3) is 0 Å². The highest BCUT2D eigenvalue weighted by Gasteiger charge is 2.26. The minimum Gasteiger partial charge on any atom is -0.340 e. The zero-order valence-corrected chi connectivity index (χ0v) is 14.4. The van der Waals surface area contributed by atoms with Crippen molar-refractivity contribution in [2.75, 3.05) is 13.1 Å². The highest BCUT2D eigenvalue weighted by atomic mass is 16.2. The zero-order chi connectivity index (χ0) is 16.6. The summed E-state index contributed by atoms with van der Waals surface area (Å²) in [5.41, 5.74) is 3.10. The Hall–Kier alpha value is -2.11. The number of carbonyl (C=O) groups is 1. The van der Waals surface area contributed by atoms with Crippen LogP contribution in [0, 0.1) is 20.8 Å². The molecule has 0 aromatic carbocycles. The van der Waals surface area contributed by atoms with Gasteiger partial charge in [0.05, 0.1) is 18.2 Å². The lowest BCUT2D eigenvalue weighted by molar-refractivity contribution is -0.132. The summed E-state index contributed by atoms with van der Waals surface area (Å²) in [6.45, 7) is 7.64. The molecule has 1 aliphatic rings. The molecule has 0 aliphatic carbocycles. The molecule has 1 saturated heterocycles. The summed E-state index contributed by atoms with van der Waals surface area (Å²) in [6, 6.07) is 0.339. The molecule has 2 aromatic rings. The Morgan fingerprint density at radius 3 is 2.74 bits per heavy atom. The molecule has 0 radical (unpaired) electrons. The summed E-state index contributed by atoms with van der Waals surface area (Å²) in [5, 5.41) is 4.41. The van der Waals surface area contributed by atoms with E-state index in [1.807, 2.05) is 49.8 Å². The first-order valence-corrected chi connectivity index (χ1v) is 8.23. The van der Waals surface area contributed by atoms with Gasteiger partial charge < -0.3 is 9.47 Å². The third-order valence-corrected chi connectivity index (χ3v) is 4.99. The molecule has 3 rings (SSSR count). The predicted octanol–water partition coefficient (Wildman–Crippen LogP) is 1.95. The summed E-state index contributed by atoms with van der Waals surface area (Å²) < 4.78 is 4.05. The molecule has 23 heavy (non-hydrogen) atoms. The van der Waals surface area contributed by atoms with Gasteiger partial charge in [-0.2, -0.15) is 5.10 Å². The Morgan fingerprint density at radius 1 is 1.35 bits per heavy atom. The molecule has 124 valence electrons. The van der Waals surface area contributed by atoms with E-state index in [-0.39, 0.29) is 5.91 Å². The van der Waals surface area contributed by atoms with E-state index in [9.17, 15) is 4.79 Å². The van der Waals surface area contributed by atoms with Crippen LogP contribution in [0.1, 0.15) is 41.7 Å². The van der Waals surface area contributed by atoms with Crippen molar-refractivity contribution in [2.24, 2.45) is 7.05 Å². The lowest BCUT2D eigenvalue weighted by atomic mass is 10.0. The minimum absolute atomic E-state index is 0.201. The van der Waals surface area contributed by atoms with Gasteiger partial charge in [0.1, 0.15) is 5.82 Å². The van der Waals surface area contributed by atoms with Crippen molar-refractivity contribution in [1.29, 1.82) is 0 Å². The number of hydrogen-bond donors (Lipinski definition) is 0. The van der Waals surface area contributed by atoms with Crippen LogP contribution in [-0.4, -0.2) is 43.2 Å². The Morgan fingerprint density at radius 2 is 2.13 bits per heavy atom. The number of amides is 1. The Labute approximate surface area is 137 Å². The van der Waals surface area contributed by atoms with Crippen molar-refractivity contribution in [3.8, 4) is 0 Å². The summed E-state index contributed by atoms with van der Waals surface area (Å²) in [6.07, 6.45) is 6.44. The molecular formula is C17H25N5O. The molecule has 6 nitrogen and oxygen atoms in total.